The largest absolute Gasteiger partial charge is 0.382 e. The summed E-state index contributed by atoms with van der Waals surface area (Å²) in [5.41, 5.74) is 9.59. The van der Waals surface area contributed by atoms with Crippen LogP contribution in [0.4, 0.5) is 5.82 Å². The average molecular weight is 256 g/mol. The van der Waals surface area contributed by atoms with Gasteiger partial charge in [0, 0.05) is 11.1 Å². The Morgan fingerprint density at radius 3 is 2.75 bits per heavy atom. The van der Waals surface area contributed by atoms with Gasteiger partial charge >= 0.3 is 0 Å². The van der Waals surface area contributed by atoms with Gasteiger partial charge in [0.25, 0.3) is 0 Å². The lowest BCUT2D eigenvalue weighted by Gasteiger charge is -2.06. The van der Waals surface area contributed by atoms with Crippen molar-refractivity contribution >= 4 is 30.4 Å². The third-order valence-electron chi connectivity index (χ3n) is 2.91. The van der Waals surface area contributed by atoms with Crippen molar-refractivity contribution in [1.29, 1.82) is 0 Å². The first kappa shape index (κ1) is 12.2. The van der Waals surface area contributed by atoms with Crippen LogP contribution in [-0.2, 0) is 0 Å². The third-order valence-corrected chi connectivity index (χ3v) is 2.91. The molecule has 0 bridgehead atoms. The van der Waals surface area contributed by atoms with Gasteiger partial charge in [0.15, 0.2) is 13.7 Å². The predicted molar refractivity (Wildman–Crippen MR) is 80.5 cm³/mol. The molecule has 20 heavy (non-hydrogen) atoms. The van der Waals surface area contributed by atoms with E-state index in [0.29, 0.717) is 11.0 Å². The van der Waals surface area contributed by atoms with Crippen LogP contribution in [0, 0.1) is 12.3 Å². The van der Waals surface area contributed by atoms with Crippen molar-refractivity contribution in [3.63, 3.8) is 0 Å². The van der Waals surface area contributed by atoms with Gasteiger partial charge in [0.2, 0.25) is 0 Å². The number of pyridine rings is 1. The minimum absolute atomic E-state index is 0.138. The Balaban J connectivity index is 2.20. The monoisotopic (exact) mass is 256 g/mol. The molecule has 0 unspecified atom stereocenters. The summed E-state index contributed by atoms with van der Waals surface area (Å²) < 4.78 is 0. The smallest absolute Gasteiger partial charge is 0.170 e. The average Bonchev–Trinajstić information content (AvgIpc) is 2.47. The summed E-state index contributed by atoms with van der Waals surface area (Å²) in [4.78, 5) is 12.5. The summed E-state index contributed by atoms with van der Waals surface area (Å²) in [7, 11) is 5.56. The molecule has 0 amide bonds. The van der Waals surface area contributed by atoms with Gasteiger partial charge in [0.1, 0.15) is 5.52 Å². The van der Waals surface area contributed by atoms with E-state index in [1.165, 1.54) is 0 Å². The highest BCUT2D eigenvalue weighted by Crippen LogP contribution is 2.22. The minimum atomic E-state index is 0.138. The second-order valence-corrected chi connectivity index (χ2v) is 4.26. The molecule has 5 heteroatoms. The van der Waals surface area contributed by atoms with Crippen LogP contribution < -0.4 is 11.5 Å². The summed E-state index contributed by atoms with van der Waals surface area (Å²) in [6.45, 7) is 0. The quantitative estimate of drug-likeness (QED) is 0.522. The Labute approximate surface area is 117 Å². The van der Waals surface area contributed by atoms with E-state index in [1.54, 1.807) is 0 Å². The number of terminal acetylenes is 1. The van der Waals surface area contributed by atoms with Crippen LogP contribution in [0.2, 0.25) is 0 Å². The first-order chi connectivity index (χ1) is 9.67. The van der Waals surface area contributed by atoms with Crippen LogP contribution >= 0.6 is 0 Å². The molecule has 3 rings (SSSR count). The van der Waals surface area contributed by atoms with Crippen LogP contribution in [-0.4, -0.2) is 22.8 Å². The molecule has 1 aromatic carbocycles. The molecule has 3 aromatic rings. The van der Waals surface area contributed by atoms with Crippen molar-refractivity contribution in [2.75, 3.05) is 5.73 Å². The highest BCUT2D eigenvalue weighted by molar-refractivity contribution is 6.29. The molecule has 0 atom stereocenters. The summed E-state index contributed by atoms with van der Waals surface area (Å²) in [5, 5.41) is 0. The molecular weight excluding hydrogens is 247 g/mol. The Hall–Kier alpha value is -2.87. The van der Waals surface area contributed by atoms with E-state index in [4.69, 9.17) is 20.0 Å². The molecule has 2 aromatic heterocycles. The van der Waals surface area contributed by atoms with Gasteiger partial charge in [-0.1, -0.05) is 18.1 Å². The summed E-state index contributed by atoms with van der Waals surface area (Å²) in [5.74, 6) is 2.87. The second-order valence-electron chi connectivity index (χ2n) is 4.26. The first-order valence-corrected chi connectivity index (χ1v) is 5.94. The van der Waals surface area contributed by atoms with E-state index in [0.717, 1.165) is 16.8 Å². The molecule has 0 saturated carbocycles. The number of anilines is 1. The second kappa shape index (κ2) is 4.67. The van der Waals surface area contributed by atoms with E-state index in [2.05, 4.69) is 20.9 Å². The van der Waals surface area contributed by atoms with Crippen molar-refractivity contribution in [3.8, 4) is 23.6 Å². The number of nitrogens with two attached hydrogens (primary N) is 1. The molecule has 2 N–H and O–H groups in total. The number of fused-ring (bicyclic) bond motifs is 1. The zero-order valence-electron chi connectivity index (χ0n) is 10.5. The van der Waals surface area contributed by atoms with Crippen molar-refractivity contribution in [1.82, 2.24) is 15.0 Å². The van der Waals surface area contributed by atoms with E-state index >= 15 is 0 Å². The lowest BCUT2D eigenvalue weighted by Crippen LogP contribution is -2.15. The number of rotatable bonds is 1. The molecule has 0 aliphatic heterocycles. The van der Waals surface area contributed by atoms with E-state index < -0.39 is 0 Å². The maximum Gasteiger partial charge on any atom is 0.170 e. The van der Waals surface area contributed by atoms with Crippen LogP contribution in [0.15, 0.2) is 36.4 Å². The molecule has 0 aliphatic carbocycles. The SMILES string of the molecule is [B]c1nc(N)c2nc(-c3cccc(C#C)c3)ccc2n1. The van der Waals surface area contributed by atoms with Gasteiger partial charge in [-0.05, 0) is 24.3 Å². The summed E-state index contributed by atoms with van der Waals surface area (Å²) in [6, 6.07) is 11.2. The number of hydrogen-bond donors (Lipinski definition) is 1. The fourth-order valence-electron chi connectivity index (χ4n) is 1.98. The van der Waals surface area contributed by atoms with Crippen molar-refractivity contribution in [3.05, 3.63) is 42.0 Å². The fraction of sp³-hybridized carbons (Fsp3) is 0. The van der Waals surface area contributed by atoms with E-state index in [1.807, 2.05) is 36.4 Å². The standard InChI is InChI=1S/C15H9BN4/c1-2-9-4-3-5-10(8-9)11-6-7-12-13(18-11)14(17)20-15(16)19-12/h1,3-8H,(H2,17,19,20). The van der Waals surface area contributed by atoms with Crippen LogP contribution in [0.25, 0.3) is 22.3 Å². The molecule has 0 saturated heterocycles. The Morgan fingerprint density at radius 2 is 1.95 bits per heavy atom. The van der Waals surface area contributed by atoms with Gasteiger partial charge in [-0.2, -0.15) is 0 Å². The molecule has 0 aliphatic rings. The molecular formula is C15H9BN4. The number of hydrogen-bond acceptors (Lipinski definition) is 4. The minimum Gasteiger partial charge on any atom is -0.382 e. The maximum absolute atomic E-state index is 5.83. The Bertz CT molecular complexity index is 852. The predicted octanol–water partition coefficient (Wildman–Crippen LogP) is 1.05. The number of benzene rings is 1. The molecule has 92 valence electrons. The lowest BCUT2D eigenvalue weighted by atomic mass is 10.1. The Kier molecular flexibility index (Phi) is 2.84. The summed E-state index contributed by atoms with van der Waals surface area (Å²) >= 11 is 0. The molecule has 2 radical (unpaired) electrons. The van der Waals surface area contributed by atoms with Crippen molar-refractivity contribution < 1.29 is 0 Å². The van der Waals surface area contributed by atoms with E-state index in [-0.39, 0.29) is 11.5 Å². The molecule has 4 nitrogen and oxygen atoms in total. The summed E-state index contributed by atoms with van der Waals surface area (Å²) in [6.07, 6.45) is 5.40. The first-order valence-electron chi connectivity index (χ1n) is 5.94. The van der Waals surface area contributed by atoms with Gasteiger partial charge in [-0.25, -0.2) is 15.0 Å². The third kappa shape index (κ3) is 2.08. The maximum atomic E-state index is 5.83. The zero-order chi connectivity index (χ0) is 14.1. The molecule has 0 fully saturated rings. The highest BCUT2D eigenvalue weighted by atomic mass is 15.0. The lowest BCUT2D eigenvalue weighted by molar-refractivity contribution is 1.26. The Morgan fingerprint density at radius 1 is 1.10 bits per heavy atom. The normalized spacial score (nSPS) is 10.3. The number of nitrogens with zero attached hydrogens (tertiary/aromatic N) is 3. The van der Waals surface area contributed by atoms with Crippen LogP contribution in [0.1, 0.15) is 5.56 Å². The number of aromatic nitrogens is 3. The van der Waals surface area contributed by atoms with Gasteiger partial charge in [-0.3, -0.25) is 0 Å². The zero-order valence-corrected chi connectivity index (χ0v) is 10.5. The highest BCUT2D eigenvalue weighted by Gasteiger charge is 2.07. The van der Waals surface area contributed by atoms with E-state index in [9.17, 15) is 0 Å². The topological polar surface area (TPSA) is 64.7 Å². The van der Waals surface area contributed by atoms with Gasteiger partial charge in [-0.15, -0.1) is 6.42 Å². The number of nitrogen functional groups attached to an aromatic ring is 1. The molecule has 2 heterocycles. The van der Waals surface area contributed by atoms with Gasteiger partial charge in [0.05, 0.1) is 16.9 Å². The molecule has 0 spiro atoms. The fourth-order valence-corrected chi connectivity index (χ4v) is 1.98. The van der Waals surface area contributed by atoms with Crippen molar-refractivity contribution in [2.24, 2.45) is 0 Å². The van der Waals surface area contributed by atoms with Gasteiger partial charge < -0.3 is 5.73 Å². The van der Waals surface area contributed by atoms with Crippen molar-refractivity contribution in [2.45, 2.75) is 0 Å². The van der Waals surface area contributed by atoms with Crippen LogP contribution in [0.3, 0.4) is 0 Å². The van der Waals surface area contributed by atoms with Crippen LogP contribution in [0.5, 0.6) is 0 Å².